The fourth-order valence-electron chi connectivity index (χ4n) is 5.69. The summed E-state index contributed by atoms with van der Waals surface area (Å²) in [5.74, 6) is 3.22. The maximum Gasteiger partial charge on any atom is 0.115 e. The number of methoxy groups -OCH3 is 1. The van der Waals surface area contributed by atoms with Crippen LogP contribution in [-0.4, -0.2) is 30.0 Å². The van der Waals surface area contributed by atoms with Gasteiger partial charge in [-0.05, 0) is 79.0 Å². The van der Waals surface area contributed by atoms with Gasteiger partial charge in [-0.1, -0.05) is 6.07 Å². The molecular formula is C19H26O3. The van der Waals surface area contributed by atoms with Gasteiger partial charge in [0.05, 0.1) is 12.7 Å². The highest BCUT2D eigenvalue weighted by Crippen LogP contribution is 2.57. The molecule has 2 fully saturated rings. The first-order chi connectivity index (χ1) is 10.7. The molecule has 0 spiro atoms. The molecule has 0 radical (unpaired) electrons. The predicted molar refractivity (Wildman–Crippen MR) is 85.0 cm³/mol. The maximum absolute atomic E-state index is 10.3. The lowest BCUT2D eigenvalue weighted by molar-refractivity contribution is 0.0466. The van der Waals surface area contributed by atoms with Crippen LogP contribution in [0.4, 0.5) is 0 Å². The van der Waals surface area contributed by atoms with E-state index in [0.717, 1.165) is 25.9 Å². The third-order valence-electron chi connectivity index (χ3n) is 6.55. The van der Waals surface area contributed by atoms with E-state index in [1.165, 1.54) is 24.0 Å². The van der Waals surface area contributed by atoms with Gasteiger partial charge in [0.1, 0.15) is 5.75 Å². The topological polar surface area (TPSA) is 49.7 Å². The molecule has 4 rings (SSSR count). The molecular weight excluding hydrogens is 276 g/mol. The van der Waals surface area contributed by atoms with Crippen LogP contribution in [0, 0.1) is 17.8 Å². The molecule has 1 aromatic carbocycles. The minimum atomic E-state index is -0.0759. The minimum absolute atomic E-state index is 0.0759. The number of rotatable bonds is 2. The highest BCUT2D eigenvalue weighted by atomic mass is 16.5. The first kappa shape index (κ1) is 14.5. The molecule has 0 bridgehead atoms. The van der Waals surface area contributed by atoms with Crippen LogP contribution in [0.1, 0.15) is 55.1 Å². The zero-order chi connectivity index (χ0) is 15.3. The van der Waals surface area contributed by atoms with Crippen molar-refractivity contribution in [2.45, 2.75) is 50.0 Å². The van der Waals surface area contributed by atoms with Crippen molar-refractivity contribution in [2.24, 2.45) is 17.8 Å². The monoisotopic (exact) mass is 302 g/mol. The van der Waals surface area contributed by atoms with Gasteiger partial charge >= 0.3 is 0 Å². The molecule has 3 aliphatic carbocycles. The van der Waals surface area contributed by atoms with Crippen molar-refractivity contribution in [3.05, 3.63) is 29.3 Å². The molecule has 22 heavy (non-hydrogen) atoms. The van der Waals surface area contributed by atoms with Crippen LogP contribution in [0.15, 0.2) is 18.2 Å². The number of phenolic OH excluding ortho intramolecular Hbond substituents is 1. The smallest absolute Gasteiger partial charge is 0.115 e. The number of ether oxygens (including phenoxy) is 1. The van der Waals surface area contributed by atoms with Crippen molar-refractivity contribution in [2.75, 3.05) is 13.7 Å². The van der Waals surface area contributed by atoms with Gasteiger partial charge in [0, 0.05) is 13.0 Å². The Bertz CT molecular complexity index is 556. The van der Waals surface area contributed by atoms with E-state index < -0.39 is 0 Å². The number of aromatic hydroxyl groups is 1. The van der Waals surface area contributed by atoms with Crippen molar-refractivity contribution in [1.82, 2.24) is 0 Å². The number of aliphatic hydroxyl groups is 1. The molecule has 3 aliphatic rings. The number of fused-ring (bicyclic) bond motifs is 5. The Morgan fingerprint density at radius 1 is 1.05 bits per heavy atom. The Kier molecular flexibility index (Phi) is 3.66. The lowest BCUT2D eigenvalue weighted by Gasteiger charge is -2.47. The Labute approximate surface area is 132 Å². The molecule has 3 heteroatoms. The Hall–Kier alpha value is -1.06. The molecule has 2 N–H and O–H groups in total. The molecule has 0 amide bonds. The van der Waals surface area contributed by atoms with E-state index in [1.54, 1.807) is 7.11 Å². The Morgan fingerprint density at radius 3 is 2.68 bits per heavy atom. The second kappa shape index (κ2) is 5.54. The summed E-state index contributed by atoms with van der Waals surface area (Å²) in [6.45, 7) is 0.722. The van der Waals surface area contributed by atoms with E-state index >= 15 is 0 Å². The number of benzene rings is 1. The standard InChI is InChI=1S/C19H26O3/c1-22-10-11-8-18-14(13-3-2-12(20)9-17(11)13)4-5-16-15(18)6-7-19(16)21/h2-3,9,11,14-16,18-21H,4-8,10H2,1H3/t11-,14+,15+,16?,18+,19?/m0/s1. The van der Waals surface area contributed by atoms with E-state index in [4.69, 9.17) is 4.74 Å². The summed E-state index contributed by atoms with van der Waals surface area (Å²) in [6.07, 6.45) is 5.56. The van der Waals surface area contributed by atoms with Crippen LogP contribution in [0.5, 0.6) is 5.75 Å². The maximum atomic E-state index is 10.3. The van der Waals surface area contributed by atoms with Crippen molar-refractivity contribution in [3.8, 4) is 5.75 Å². The molecule has 0 heterocycles. The van der Waals surface area contributed by atoms with Crippen molar-refractivity contribution in [3.63, 3.8) is 0 Å². The number of hydrogen-bond donors (Lipinski definition) is 2. The predicted octanol–water partition coefficient (Wildman–Crippen LogP) is 3.41. The average molecular weight is 302 g/mol. The fraction of sp³-hybridized carbons (Fsp3) is 0.684. The number of phenols is 1. The summed E-state index contributed by atoms with van der Waals surface area (Å²) in [5.41, 5.74) is 2.72. The van der Waals surface area contributed by atoms with E-state index in [1.807, 2.05) is 12.1 Å². The van der Waals surface area contributed by atoms with Crippen molar-refractivity contribution < 1.29 is 14.9 Å². The van der Waals surface area contributed by atoms with Gasteiger partial charge in [0.15, 0.2) is 0 Å². The third-order valence-corrected chi connectivity index (χ3v) is 6.55. The molecule has 2 unspecified atom stereocenters. The molecule has 2 saturated carbocycles. The summed E-state index contributed by atoms with van der Waals surface area (Å²) in [6, 6.07) is 5.92. The third kappa shape index (κ3) is 2.17. The lowest BCUT2D eigenvalue weighted by Crippen LogP contribution is -2.38. The summed E-state index contributed by atoms with van der Waals surface area (Å²) in [7, 11) is 1.76. The van der Waals surface area contributed by atoms with Gasteiger partial charge in [0.2, 0.25) is 0 Å². The number of aliphatic hydroxyl groups excluding tert-OH is 1. The van der Waals surface area contributed by atoms with Crippen LogP contribution in [0.2, 0.25) is 0 Å². The summed E-state index contributed by atoms with van der Waals surface area (Å²) in [5, 5.41) is 20.1. The quantitative estimate of drug-likeness (QED) is 0.880. The largest absolute Gasteiger partial charge is 0.508 e. The van der Waals surface area contributed by atoms with Crippen LogP contribution >= 0.6 is 0 Å². The SMILES string of the molecule is COC[C@@H]1C[C@@H]2[C@H](CCC3C(O)CC[C@H]32)c2ccc(O)cc21. The summed E-state index contributed by atoms with van der Waals surface area (Å²) in [4.78, 5) is 0. The Morgan fingerprint density at radius 2 is 1.86 bits per heavy atom. The van der Waals surface area contributed by atoms with Crippen LogP contribution in [-0.2, 0) is 4.74 Å². The molecule has 0 aliphatic heterocycles. The molecule has 0 saturated heterocycles. The second-order valence-electron chi connectivity index (χ2n) is 7.52. The summed E-state index contributed by atoms with van der Waals surface area (Å²) < 4.78 is 5.46. The zero-order valence-electron chi connectivity index (χ0n) is 13.2. The Balaban J connectivity index is 1.72. The summed E-state index contributed by atoms with van der Waals surface area (Å²) >= 11 is 0. The molecule has 120 valence electrons. The van der Waals surface area contributed by atoms with Gasteiger partial charge in [0.25, 0.3) is 0 Å². The minimum Gasteiger partial charge on any atom is -0.508 e. The molecule has 1 aromatic rings. The van der Waals surface area contributed by atoms with E-state index in [0.29, 0.717) is 35.3 Å². The van der Waals surface area contributed by atoms with Crippen molar-refractivity contribution in [1.29, 1.82) is 0 Å². The lowest BCUT2D eigenvalue weighted by atomic mass is 9.58. The van der Waals surface area contributed by atoms with Gasteiger partial charge < -0.3 is 14.9 Å². The fourth-order valence-corrected chi connectivity index (χ4v) is 5.69. The second-order valence-corrected chi connectivity index (χ2v) is 7.52. The van der Waals surface area contributed by atoms with Crippen LogP contribution < -0.4 is 0 Å². The average Bonchev–Trinajstić information content (AvgIpc) is 2.89. The van der Waals surface area contributed by atoms with Gasteiger partial charge in [-0.2, -0.15) is 0 Å². The first-order valence-corrected chi connectivity index (χ1v) is 8.69. The van der Waals surface area contributed by atoms with Crippen molar-refractivity contribution >= 4 is 0 Å². The molecule has 6 atom stereocenters. The highest BCUT2D eigenvalue weighted by molar-refractivity contribution is 5.42. The van der Waals surface area contributed by atoms with Gasteiger partial charge in [-0.3, -0.25) is 0 Å². The highest BCUT2D eigenvalue weighted by Gasteiger charge is 2.48. The van der Waals surface area contributed by atoms with E-state index in [9.17, 15) is 10.2 Å². The normalized spacial score (nSPS) is 39.9. The number of hydrogen-bond acceptors (Lipinski definition) is 3. The first-order valence-electron chi connectivity index (χ1n) is 8.69. The van der Waals surface area contributed by atoms with E-state index in [-0.39, 0.29) is 6.10 Å². The van der Waals surface area contributed by atoms with Gasteiger partial charge in [-0.15, -0.1) is 0 Å². The molecule has 3 nitrogen and oxygen atoms in total. The van der Waals surface area contributed by atoms with Crippen LogP contribution in [0.25, 0.3) is 0 Å². The molecule has 0 aromatic heterocycles. The van der Waals surface area contributed by atoms with Crippen LogP contribution in [0.3, 0.4) is 0 Å². The van der Waals surface area contributed by atoms with Gasteiger partial charge in [-0.25, -0.2) is 0 Å². The zero-order valence-corrected chi connectivity index (χ0v) is 13.2. The van der Waals surface area contributed by atoms with E-state index in [2.05, 4.69) is 6.07 Å².